The van der Waals surface area contributed by atoms with Crippen molar-refractivity contribution < 1.29 is 18.5 Å². The molecule has 7 nitrogen and oxygen atoms in total. The van der Waals surface area contributed by atoms with Crippen LogP contribution in [0.3, 0.4) is 0 Å². The summed E-state index contributed by atoms with van der Waals surface area (Å²) in [6, 6.07) is 11.3. The maximum atomic E-state index is 13.1. The lowest BCUT2D eigenvalue weighted by molar-refractivity contribution is -0.338. The van der Waals surface area contributed by atoms with Gasteiger partial charge in [0.15, 0.2) is 18.0 Å². The summed E-state index contributed by atoms with van der Waals surface area (Å²) in [5, 5.41) is 10.2. The fraction of sp³-hybridized carbons (Fsp3) is 0.348. The monoisotopic (exact) mass is 490 g/mol. The van der Waals surface area contributed by atoms with Crippen LogP contribution < -0.4 is 10.5 Å². The number of carbonyl (C=O) groups is 1. The number of nitriles is 1. The largest absolute Gasteiger partial charge is 0.480 e. The Balaban J connectivity index is 1.63. The van der Waals surface area contributed by atoms with E-state index in [1.54, 1.807) is 41.5 Å². The molecule has 3 rings (SSSR count). The van der Waals surface area contributed by atoms with Crippen LogP contribution in [0.1, 0.15) is 12.5 Å². The van der Waals surface area contributed by atoms with Gasteiger partial charge >= 0.3 is 6.19 Å². The van der Waals surface area contributed by atoms with E-state index in [1.165, 1.54) is 28.5 Å². The van der Waals surface area contributed by atoms with Gasteiger partial charge in [0.1, 0.15) is 5.82 Å². The molecule has 1 unspecified atom stereocenters. The number of hydrogen-bond acceptors (Lipinski definition) is 5. The van der Waals surface area contributed by atoms with Crippen LogP contribution in [-0.4, -0.2) is 64.0 Å². The van der Waals surface area contributed by atoms with Crippen molar-refractivity contribution in [2.24, 2.45) is 5.73 Å². The summed E-state index contributed by atoms with van der Waals surface area (Å²) >= 11 is 7.32. The summed E-state index contributed by atoms with van der Waals surface area (Å²) in [5.41, 5.74) is 7.34. The number of halogens is 2. The van der Waals surface area contributed by atoms with Crippen LogP contribution in [0, 0.1) is 17.3 Å². The van der Waals surface area contributed by atoms with Gasteiger partial charge in [0.05, 0.1) is 0 Å². The Bertz CT molecular complexity index is 1070. The van der Waals surface area contributed by atoms with Gasteiger partial charge in [0.2, 0.25) is 0 Å². The van der Waals surface area contributed by atoms with Crippen molar-refractivity contribution in [3.63, 3.8) is 0 Å². The molecule has 0 bridgehead atoms. The first-order valence-corrected chi connectivity index (χ1v) is 12.0. The van der Waals surface area contributed by atoms with E-state index in [0.29, 0.717) is 42.6 Å². The van der Waals surface area contributed by atoms with Crippen molar-refractivity contribution in [1.29, 1.82) is 5.26 Å². The van der Waals surface area contributed by atoms with Gasteiger partial charge in [-0.15, -0.1) is 4.58 Å². The second-order valence-electron chi connectivity index (χ2n) is 7.68. The first-order valence-electron chi connectivity index (χ1n) is 10.4. The zero-order valence-corrected chi connectivity index (χ0v) is 20.1. The van der Waals surface area contributed by atoms with E-state index in [-0.39, 0.29) is 29.5 Å². The number of nitrogens with zero attached hydrogens (tertiary/aromatic N) is 4. The minimum Gasteiger partial charge on any atom is -0.480 e. The van der Waals surface area contributed by atoms with Gasteiger partial charge < -0.3 is 15.4 Å². The molecule has 0 spiro atoms. The molecule has 2 N–H and O–H groups in total. The van der Waals surface area contributed by atoms with Gasteiger partial charge in [-0.2, -0.15) is 0 Å². The van der Waals surface area contributed by atoms with Crippen LogP contribution in [0.5, 0.6) is 5.75 Å². The van der Waals surface area contributed by atoms with Gasteiger partial charge in [0, 0.05) is 48.6 Å². The minimum atomic E-state index is -0.252. The molecule has 0 aromatic heterocycles. The molecule has 33 heavy (non-hydrogen) atoms. The van der Waals surface area contributed by atoms with Gasteiger partial charge in [-0.3, -0.25) is 9.69 Å². The first-order chi connectivity index (χ1) is 15.8. The van der Waals surface area contributed by atoms with E-state index in [9.17, 15) is 14.4 Å². The quantitative estimate of drug-likeness (QED) is 0.220. The summed E-state index contributed by atoms with van der Waals surface area (Å²) in [6.45, 7) is 4.51. The third-order valence-electron chi connectivity index (χ3n) is 5.39. The molecule has 1 saturated heterocycles. The molecular formula is C23H26ClFN5O2S+. The van der Waals surface area contributed by atoms with Crippen molar-refractivity contribution in [2.75, 3.05) is 32.5 Å². The molecule has 10 heteroatoms. The molecule has 2 aromatic rings. The normalized spacial score (nSPS) is 17.3. The first kappa shape index (κ1) is 24.8. The standard InChI is InChI=1S/C23H25ClFN5O2S/c1-16-12-28(13-17-3-6-19(25)7-4-17)9-10-29(16)22(31)14-32-21-8-5-18(24)11-20(21)30(15-26)23(27)33-2/h3-8,11,16,27H,9-10,12-14H2,1-2H3/p+1. The number of amides is 1. The number of amidine groups is 1. The van der Waals surface area contributed by atoms with Crippen LogP contribution in [0.2, 0.25) is 5.02 Å². The van der Waals surface area contributed by atoms with Crippen molar-refractivity contribution >= 4 is 40.1 Å². The van der Waals surface area contributed by atoms with Gasteiger partial charge in [0.25, 0.3) is 11.1 Å². The maximum Gasteiger partial charge on any atom is 0.376 e. The number of ether oxygens (including phenoxy) is 1. The van der Waals surface area contributed by atoms with Crippen molar-refractivity contribution in [2.45, 2.75) is 19.5 Å². The van der Waals surface area contributed by atoms with Crippen molar-refractivity contribution in [3.8, 4) is 11.9 Å². The van der Waals surface area contributed by atoms with Crippen LogP contribution >= 0.6 is 23.4 Å². The smallest absolute Gasteiger partial charge is 0.376 e. The van der Waals surface area contributed by atoms with Crippen molar-refractivity contribution in [3.05, 3.63) is 58.9 Å². The fourth-order valence-corrected chi connectivity index (χ4v) is 4.21. The van der Waals surface area contributed by atoms with Crippen molar-refractivity contribution in [1.82, 2.24) is 9.80 Å². The second kappa shape index (κ2) is 11.4. The predicted molar refractivity (Wildman–Crippen MR) is 128 cm³/mol. The summed E-state index contributed by atoms with van der Waals surface area (Å²) < 4.78 is 20.1. The highest BCUT2D eigenvalue weighted by Gasteiger charge is 2.28. The highest BCUT2D eigenvalue weighted by molar-refractivity contribution is 8.12. The zero-order chi connectivity index (χ0) is 24.0. The number of piperazine rings is 1. The average molecular weight is 491 g/mol. The summed E-state index contributed by atoms with van der Waals surface area (Å²) in [4.78, 5) is 16.9. The summed E-state index contributed by atoms with van der Waals surface area (Å²) in [7, 11) is 0. The molecule has 0 saturated carbocycles. The van der Waals surface area contributed by atoms with Crippen LogP contribution in [-0.2, 0) is 11.3 Å². The average Bonchev–Trinajstić information content (AvgIpc) is 2.80. The number of carbonyl (C=O) groups excluding carboxylic acids is 1. The van der Waals surface area contributed by atoms with E-state index >= 15 is 0 Å². The molecule has 1 aliphatic rings. The molecule has 0 radical (unpaired) electrons. The molecular weight excluding hydrogens is 465 g/mol. The van der Waals surface area contributed by atoms with Gasteiger partial charge in [-0.05, 0) is 43.0 Å². The molecule has 1 aliphatic heterocycles. The minimum absolute atomic E-state index is 0.00365. The molecule has 1 amide bonds. The van der Waals surface area contributed by atoms with Crippen LogP contribution in [0.4, 0.5) is 10.1 Å². The van der Waals surface area contributed by atoms with E-state index in [0.717, 1.165) is 5.56 Å². The van der Waals surface area contributed by atoms with E-state index in [2.05, 4.69) is 4.90 Å². The number of nitrogens with two attached hydrogens (primary N) is 1. The molecule has 2 aromatic carbocycles. The summed E-state index contributed by atoms with van der Waals surface area (Å²) in [5.74, 6) is -0.0534. The third kappa shape index (κ3) is 6.38. The van der Waals surface area contributed by atoms with E-state index < -0.39 is 0 Å². The van der Waals surface area contributed by atoms with Gasteiger partial charge in [-0.1, -0.05) is 35.5 Å². The molecule has 1 fully saturated rings. The lowest BCUT2D eigenvalue weighted by Gasteiger charge is -2.39. The summed E-state index contributed by atoms with van der Waals surface area (Å²) in [6.07, 6.45) is 3.77. The lowest BCUT2D eigenvalue weighted by atomic mass is 10.1. The Morgan fingerprint density at radius 2 is 2.06 bits per heavy atom. The van der Waals surface area contributed by atoms with Gasteiger partial charge in [-0.25, -0.2) is 4.39 Å². The second-order valence-corrected chi connectivity index (χ2v) is 8.94. The predicted octanol–water partition coefficient (Wildman–Crippen LogP) is 3.39. The SMILES string of the molecule is CSC(N)=[N+](C#N)c1cc(Cl)ccc1OCC(=O)N1CCN(Cc2ccc(F)cc2)CC1C. The Hall–Kier alpha value is -2.80. The lowest BCUT2D eigenvalue weighted by Crippen LogP contribution is -2.54. The topological polar surface area (TPSA) is 85.6 Å². The Labute approximate surface area is 202 Å². The Morgan fingerprint density at radius 3 is 2.70 bits per heavy atom. The molecule has 1 heterocycles. The number of hydrogen-bond donors (Lipinski definition) is 1. The van der Waals surface area contributed by atoms with E-state index in [4.69, 9.17) is 22.1 Å². The Morgan fingerprint density at radius 1 is 1.33 bits per heavy atom. The fourth-order valence-electron chi connectivity index (χ4n) is 3.72. The molecule has 174 valence electrons. The highest BCUT2D eigenvalue weighted by Crippen LogP contribution is 2.31. The number of benzene rings is 2. The van der Waals surface area contributed by atoms with E-state index in [1.807, 2.05) is 13.1 Å². The molecule has 0 aliphatic carbocycles. The van der Waals surface area contributed by atoms with Crippen LogP contribution in [0.25, 0.3) is 0 Å². The number of rotatable bonds is 6. The zero-order valence-electron chi connectivity index (χ0n) is 18.5. The Kier molecular flexibility index (Phi) is 8.55. The van der Waals surface area contributed by atoms with Crippen LogP contribution in [0.15, 0.2) is 42.5 Å². The number of thioether (sulfide) groups is 1. The third-order valence-corrected chi connectivity index (χ3v) is 6.23. The maximum absolute atomic E-state index is 13.1. The highest BCUT2D eigenvalue weighted by atomic mass is 35.5. The molecule has 1 atom stereocenters.